The maximum absolute atomic E-state index is 13.2. The molecule has 0 unspecified atom stereocenters. The molecule has 23 heavy (non-hydrogen) atoms. The molecule has 0 amide bonds. The number of rotatable bonds is 4. The molecule has 0 saturated heterocycles. The zero-order chi connectivity index (χ0) is 16.6. The van der Waals surface area contributed by atoms with E-state index in [4.69, 9.17) is 27.9 Å². The molecule has 0 fully saturated rings. The van der Waals surface area contributed by atoms with Crippen molar-refractivity contribution in [2.24, 2.45) is 0 Å². The third-order valence-electron chi connectivity index (χ3n) is 2.96. The minimum absolute atomic E-state index is 0.143. The first-order valence-corrected chi connectivity index (χ1v) is 8.68. The van der Waals surface area contributed by atoms with Crippen LogP contribution in [0.3, 0.4) is 0 Å². The normalized spacial score (nSPS) is 10.9. The summed E-state index contributed by atoms with van der Waals surface area (Å²) in [6.07, 6.45) is 0. The predicted octanol–water partition coefficient (Wildman–Crippen LogP) is 5.45. The number of Topliss-reactive ketones (excluding diaryl/α,β-unsaturated/α-hetero) is 1. The molecule has 0 radical (unpaired) electrons. The molecule has 8 heteroatoms. The van der Waals surface area contributed by atoms with Gasteiger partial charge < -0.3 is 4.74 Å². The van der Waals surface area contributed by atoms with Gasteiger partial charge in [0.15, 0.2) is 6.61 Å². The van der Waals surface area contributed by atoms with E-state index < -0.39 is 18.4 Å². The van der Waals surface area contributed by atoms with E-state index in [1.54, 1.807) is 12.1 Å². The Morgan fingerprint density at radius 3 is 2.61 bits per heavy atom. The van der Waals surface area contributed by atoms with Crippen molar-refractivity contribution in [1.29, 1.82) is 0 Å². The monoisotopic (exact) mass is 388 g/mol. The van der Waals surface area contributed by atoms with Gasteiger partial charge >= 0.3 is 5.97 Å². The van der Waals surface area contributed by atoms with E-state index in [1.165, 1.54) is 18.2 Å². The molecule has 3 nitrogen and oxygen atoms in total. The molecule has 2 aromatic heterocycles. The third-order valence-corrected chi connectivity index (χ3v) is 5.87. The van der Waals surface area contributed by atoms with Gasteiger partial charge in [-0.05, 0) is 30.3 Å². The van der Waals surface area contributed by atoms with Crippen molar-refractivity contribution in [3.8, 4) is 0 Å². The molecule has 0 aliphatic carbocycles. The zero-order valence-corrected chi connectivity index (χ0v) is 14.4. The fourth-order valence-corrected chi connectivity index (χ4v) is 4.30. The number of thiophene rings is 2. The van der Waals surface area contributed by atoms with Gasteiger partial charge in [-0.3, -0.25) is 4.79 Å². The van der Waals surface area contributed by atoms with Crippen molar-refractivity contribution < 1.29 is 18.7 Å². The Kier molecular flexibility index (Phi) is 4.68. The lowest BCUT2D eigenvalue weighted by Crippen LogP contribution is -2.12. The number of hydrogen-bond acceptors (Lipinski definition) is 5. The van der Waals surface area contributed by atoms with Crippen LogP contribution in [-0.4, -0.2) is 18.4 Å². The van der Waals surface area contributed by atoms with Crippen molar-refractivity contribution in [1.82, 2.24) is 0 Å². The fraction of sp³-hybridized carbons (Fsp3) is 0.0667. The molecule has 3 aromatic rings. The second kappa shape index (κ2) is 6.57. The summed E-state index contributed by atoms with van der Waals surface area (Å²) in [6.45, 7) is -0.408. The summed E-state index contributed by atoms with van der Waals surface area (Å²) in [5, 5.41) is 0.767. The molecule has 0 aliphatic rings. The van der Waals surface area contributed by atoms with Crippen LogP contribution in [0.5, 0.6) is 0 Å². The number of hydrogen-bond donors (Lipinski definition) is 0. The Labute approximate surface area is 148 Å². The first-order chi connectivity index (χ1) is 11.0. The molecule has 118 valence electrons. The number of fused-ring (bicyclic) bond motifs is 1. The molecule has 0 spiro atoms. The molecular formula is C15H7Cl2FO3S2. The Morgan fingerprint density at radius 2 is 1.91 bits per heavy atom. The van der Waals surface area contributed by atoms with Gasteiger partial charge in [-0.25, -0.2) is 9.18 Å². The molecule has 1 aromatic carbocycles. The van der Waals surface area contributed by atoms with Crippen LogP contribution in [0.1, 0.15) is 19.3 Å². The van der Waals surface area contributed by atoms with Gasteiger partial charge in [0.05, 0.1) is 14.2 Å². The quantitative estimate of drug-likeness (QED) is 0.440. The van der Waals surface area contributed by atoms with E-state index in [1.807, 2.05) is 0 Å². The van der Waals surface area contributed by atoms with Crippen LogP contribution >= 0.6 is 45.9 Å². The van der Waals surface area contributed by atoms with E-state index >= 15 is 0 Å². The Hall–Kier alpha value is -1.47. The molecule has 3 rings (SSSR count). The molecule has 0 saturated carbocycles. The van der Waals surface area contributed by atoms with E-state index in [0.29, 0.717) is 19.3 Å². The van der Waals surface area contributed by atoms with Crippen molar-refractivity contribution in [3.63, 3.8) is 0 Å². The van der Waals surface area contributed by atoms with Gasteiger partial charge in [0.25, 0.3) is 0 Å². The largest absolute Gasteiger partial charge is 0.453 e. The first-order valence-electron chi connectivity index (χ1n) is 6.29. The van der Waals surface area contributed by atoms with Crippen molar-refractivity contribution >= 4 is 67.7 Å². The zero-order valence-electron chi connectivity index (χ0n) is 11.3. The standard InChI is InChI=1S/C15H7Cl2FO3S2/c16-12-4-3-10(22-12)9(19)6-21-15(20)14-13(17)8-2-1-7(18)5-11(8)23-14/h1-5H,6H2. The number of benzene rings is 1. The van der Waals surface area contributed by atoms with Crippen LogP contribution in [0.2, 0.25) is 9.36 Å². The molecule has 0 atom stereocenters. The lowest BCUT2D eigenvalue weighted by atomic mass is 10.2. The average molecular weight is 389 g/mol. The SMILES string of the molecule is O=C(COC(=O)c1sc2cc(F)ccc2c1Cl)c1ccc(Cl)s1. The molecule has 0 bridgehead atoms. The van der Waals surface area contributed by atoms with Gasteiger partial charge in [0.1, 0.15) is 10.7 Å². The number of ether oxygens (including phenoxy) is 1. The third kappa shape index (κ3) is 3.40. The summed E-state index contributed by atoms with van der Waals surface area (Å²) in [4.78, 5) is 24.5. The molecule has 0 N–H and O–H groups in total. The summed E-state index contributed by atoms with van der Waals surface area (Å²) in [7, 11) is 0. The molecular weight excluding hydrogens is 382 g/mol. The van der Waals surface area contributed by atoms with E-state index in [2.05, 4.69) is 0 Å². The Morgan fingerprint density at radius 1 is 1.13 bits per heavy atom. The van der Waals surface area contributed by atoms with Crippen LogP contribution < -0.4 is 0 Å². The smallest absolute Gasteiger partial charge is 0.350 e. The summed E-state index contributed by atoms with van der Waals surface area (Å²) in [6, 6.07) is 7.22. The topological polar surface area (TPSA) is 43.4 Å². The van der Waals surface area contributed by atoms with Gasteiger partial charge in [0, 0.05) is 10.1 Å². The van der Waals surface area contributed by atoms with Crippen LogP contribution in [0.15, 0.2) is 30.3 Å². The number of carbonyl (C=O) groups is 2. The molecule has 0 aliphatic heterocycles. The Bertz CT molecular complexity index is 917. The summed E-state index contributed by atoms with van der Waals surface area (Å²) in [5.74, 6) is -1.48. The Balaban J connectivity index is 1.76. The van der Waals surface area contributed by atoms with Gasteiger partial charge in [-0.1, -0.05) is 23.2 Å². The number of esters is 1. The van der Waals surface area contributed by atoms with E-state index in [-0.39, 0.29) is 15.7 Å². The first kappa shape index (κ1) is 16.4. The highest BCUT2D eigenvalue weighted by Crippen LogP contribution is 2.36. The highest BCUT2D eigenvalue weighted by Gasteiger charge is 2.20. The van der Waals surface area contributed by atoms with E-state index in [9.17, 15) is 14.0 Å². The summed E-state index contributed by atoms with van der Waals surface area (Å²) < 4.78 is 19.2. The van der Waals surface area contributed by atoms with Gasteiger partial charge in [-0.2, -0.15) is 0 Å². The summed E-state index contributed by atoms with van der Waals surface area (Å²) >= 11 is 14.0. The number of halogens is 3. The lowest BCUT2D eigenvalue weighted by Gasteiger charge is -2.01. The van der Waals surface area contributed by atoms with Crippen LogP contribution in [-0.2, 0) is 4.74 Å². The van der Waals surface area contributed by atoms with Crippen molar-refractivity contribution in [2.45, 2.75) is 0 Å². The van der Waals surface area contributed by atoms with Crippen molar-refractivity contribution in [3.05, 3.63) is 55.3 Å². The average Bonchev–Trinajstić information content (AvgIpc) is 3.08. The second-order valence-corrected chi connectivity index (χ2v) is 7.63. The number of carbonyl (C=O) groups excluding carboxylic acids is 2. The minimum atomic E-state index is -0.715. The van der Waals surface area contributed by atoms with Gasteiger partial charge in [-0.15, -0.1) is 22.7 Å². The lowest BCUT2D eigenvalue weighted by molar-refractivity contribution is 0.0481. The summed E-state index contributed by atoms with van der Waals surface area (Å²) in [5.41, 5.74) is 0. The molecule has 2 heterocycles. The maximum atomic E-state index is 13.2. The van der Waals surface area contributed by atoms with Crippen LogP contribution in [0.4, 0.5) is 4.39 Å². The minimum Gasteiger partial charge on any atom is -0.453 e. The predicted molar refractivity (Wildman–Crippen MR) is 90.7 cm³/mol. The van der Waals surface area contributed by atoms with Gasteiger partial charge in [0.2, 0.25) is 5.78 Å². The fourth-order valence-electron chi connectivity index (χ4n) is 1.90. The second-order valence-electron chi connectivity index (χ2n) is 4.49. The maximum Gasteiger partial charge on any atom is 0.350 e. The number of ketones is 1. The highest BCUT2D eigenvalue weighted by molar-refractivity contribution is 7.21. The highest BCUT2D eigenvalue weighted by atomic mass is 35.5. The van der Waals surface area contributed by atoms with Crippen LogP contribution in [0.25, 0.3) is 10.1 Å². The van der Waals surface area contributed by atoms with Crippen molar-refractivity contribution in [2.75, 3.05) is 6.61 Å². The van der Waals surface area contributed by atoms with E-state index in [0.717, 1.165) is 22.7 Å². The van der Waals surface area contributed by atoms with Crippen LogP contribution in [0, 0.1) is 5.82 Å².